The van der Waals surface area contributed by atoms with Crippen LogP contribution in [-0.2, 0) is 6.42 Å². The molecular weight excluding hydrogens is 464 g/mol. The number of thiocarbonyl (C=S) groups is 1. The molecule has 0 saturated carbocycles. The van der Waals surface area contributed by atoms with Crippen LogP contribution in [0, 0.1) is 20.8 Å². The Kier molecular flexibility index (Phi) is 6.54. The molecule has 2 atom stereocenters. The van der Waals surface area contributed by atoms with Crippen LogP contribution in [0.2, 0.25) is 0 Å². The minimum absolute atomic E-state index is 0.0754. The number of nitrogens with zero attached hydrogens (tertiary/aromatic N) is 3. The van der Waals surface area contributed by atoms with Gasteiger partial charge in [-0.3, -0.25) is 4.98 Å². The second kappa shape index (κ2) is 9.78. The van der Waals surface area contributed by atoms with Crippen molar-refractivity contribution >= 4 is 23.0 Å². The molecular formula is C30H32N4OS. The Labute approximate surface area is 218 Å². The topological polar surface area (TPSA) is 42.3 Å². The maximum atomic E-state index is 5.93. The highest BCUT2D eigenvalue weighted by atomic mass is 32.1. The molecule has 0 unspecified atom stereocenters. The average Bonchev–Trinajstić information content (AvgIpc) is 3.39. The Morgan fingerprint density at radius 3 is 2.53 bits per heavy atom. The van der Waals surface area contributed by atoms with Gasteiger partial charge in [0.05, 0.1) is 30.6 Å². The number of anilines is 1. The third-order valence-corrected chi connectivity index (χ3v) is 7.46. The smallest absolute Gasteiger partial charge is 0.174 e. The van der Waals surface area contributed by atoms with E-state index in [2.05, 4.69) is 78.9 Å². The molecule has 5 rings (SSSR count). The molecule has 0 bridgehead atoms. The lowest BCUT2D eigenvalue weighted by Gasteiger charge is -2.28. The number of benzene rings is 2. The normalized spacial score (nSPS) is 17.4. The van der Waals surface area contributed by atoms with Crippen molar-refractivity contribution in [1.82, 2.24) is 14.9 Å². The number of para-hydroxylation sites is 1. The second-order valence-electron chi connectivity index (χ2n) is 9.30. The minimum atomic E-state index is -0.0960. The van der Waals surface area contributed by atoms with Gasteiger partial charge in [0.2, 0.25) is 0 Å². The zero-order valence-corrected chi connectivity index (χ0v) is 22.3. The van der Waals surface area contributed by atoms with Gasteiger partial charge in [-0.2, -0.15) is 0 Å². The Balaban J connectivity index is 1.71. The van der Waals surface area contributed by atoms with Crippen molar-refractivity contribution in [2.75, 3.05) is 12.0 Å². The van der Waals surface area contributed by atoms with Crippen LogP contribution >= 0.6 is 12.2 Å². The number of rotatable bonds is 6. The highest BCUT2D eigenvalue weighted by Gasteiger charge is 2.42. The van der Waals surface area contributed by atoms with Gasteiger partial charge in [0, 0.05) is 29.3 Å². The number of methoxy groups -OCH3 is 1. The highest BCUT2D eigenvalue weighted by Crippen LogP contribution is 2.44. The molecule has 1 aliphatic rings. The van der Waals surface area contributed by atoms with Crippen LogP contribution in [0.1, 0.15) is 52.8 Å². The van der Waals surface area contributed by atoms with Gasteiger partial charge in [-0.25, -0.2) is 0 Å². The molecule has 3 heterocycles. The van der Waals surface area contributed by atoms with Gasteiger partial charge in [-0.1, -0.05) is 37.3 Å². The summed E-state index contributed by atoms with van der Waals surface area (Å²) >= 11 is 5.93. The van der Waals surface area contributed by atoms with Gasteiger partial charge >= 0.3 is 0 Å². The molecule has 0 radical (unpaired) electrons. The van der Waals surface area contributed by atoms with Gasteiger partial charge in [-0.05, 0) is 86.4 Å². The molecule has 4 aromatic rings. The van der Waals surface area contributed by atoms with Crippen molar-refractivity contribution in [3.05, 3.63) is 107 Å². The van der Waals surface area contributed by atoms with E-state index in [9.17, 15) is 0 Å². The number of aromatic nitrogens is 2. The number of pyridine rings is 1. The van der Waals surface area contributed by atoms with E-state index in [0.29, 0.717) is 5.11 Å². The lowest BCUT2D eigenvalue weighted by molar-refractivity contribution is 0.415. The van der Waals surface area contributed by atoms with Crippen molar-refractivity contribution in [3.63, 3.8) is 0 Å². The molecule has 5 nitrogen and oxygen atoms in total. The van der Waals surface area contributed by atoms with Crippen molar-refractivity contribution in [1.29, 1.82) is 0 Å². The lowest BCUT2D eigenvalue weighted by atomic mass is 9.96. The summed E-state index contributed by atoms with van der Waals surface area (Å²) in [6.45, 7) is 8.82. The van der Waals surface area contributed by atoms with E-state index < -0.39 is 0 Å². The van der Waals surface area contributed by atoms with Crippen LogP contribution in [-0.4, -0.2) is 21.8 Å². The molecule has 1 N–H and O–H groups in total. The fraction of sp³-hybridized carbons (Fsp3) is 0.267. The molecule has 1 aliphatic heterocycles. The first kappa shape index (κ1) is 24.1. The zero-order chi connectivity index (χ0) is 25.4. The lowest BCUT2D eigenvalue weighted by Crippen LogP contribution is -2.29. The van der Waals surface area contributed by atoms with Crippen molar-refractivity contribution < 1.29 is 4.74 Å². The predicted octanol–water partition coefficient (Wildman–Crippen LogP) is 6.55. The van der Waals surface area contributed by atoms with Crippen LogP contribution in [0.4, 0.5) is 5.69 Å². The van der Waals surface area contributed by atoms with E-state index in [-0.39, 0.29) is 12.1 Å². The number of hydrogen-bond donors (Lipinski definition) is 1. The Hall–Kier alpha value is -3.64. The van der Waals surface area contributed by atoms with Crippen LogP contribution in [0.15, 0.2) is 72.9 Å². The standard InChI is InChI=1S/C30H32N4OS/c1-6-22-12-9-11-19(2)28(22)33-20(3)17-25(21(33)4)29-27(26-15-7-8-16-31-26)32-30(36)34(29)23-13-10-14-24(18-23)35-5/h7-18,27,29H,6H2,1-5H3,(H,32,36)/t27-,29+/m0/s1. The van der Waals surface area contributed by atoms with Gasteiger partial charge in [0.1, 0.15) is 5.75 Å². The molecule has 0 amide bonds. The number of nitrogens with one attached hydrogen (secondary N) is 1. The average molecular weight is 497 g/mol. The van der Waals surface area contributed by atoms with E-state index in [1.165, 1.54) is 33.8 Å². The van der Waals surface area contributed by atoms with Gasteiger partial charge in [-0.15, -0.1) is 0 Å². The summed E-state index contributed by atoms with van der Waals surface area (Å²) in [5.41, 5.74) is 9.48. The first-order valence-corrected chi connectivity index (χ1v) is 12.8. The van der Waals surface area contributed by atoms with Crippen LogP contribution in [0.5, 0.6) is 5.75 Å². The summed E-state index contributed by atoms with van der Waals surface area (Å²) in [6.07, 6.45) is 2.82. The third kappa shape index (κ3) is 4.05. The Morgan fingerprint density at radius 1 is 1.00 bits per heavy atom. The molecule has 2 aromatic heterocycles. The van der Waals surface area contributed by atoms with E-state index in [0.717, 1.165) is 23.6 Å². The Morgan fingerprint density at radius 2 is 1.81 bits per heavy atom. The van der Waals surface area contributed by atoms with Crippen molar-refractivity contribution in [2.24, 2.45) is 0 Å². The predicted molar refractivity (Wildman–Crippen MR) is 150 cm³/mol. The third-order valence-electron chi connectivity index (χ3n) is 7.14. The van der Waals surface area contributed by atoms with E-state index in [1.807, 2.05) is 36.5 Å². The molecule has 1 fully saturated rings. The van der Waals surface area contributed by atoms with Crippen LogP contribution in [0.25, 0.3) is 5.69 Å². The molecule has 1 saturated heterocycles. The highest BCUT2D eigenvalue weighted by molar-refractivity contribution is 7.80. The molecule has 0 spiro atoms. The van der Waals surface area contributed by atoms with Gasteiger partial charge in [0.15, 0.2) is 5.11 Å². The van der Waals surface area contributed by atoms with Crippen LogP contribution in [0.3, 0.4) is 0 Å². The minimum Gasteiger partial charge on any atom is -0.497 e. The fourth-order valence-electron chi connectivity index (χ4n) is 5.47. The van der Waals surface area contributed by atoms with Crippen molar-refractivity contribution in [2.45, 2.75) is 46.2 Å². The first-order chi connectivity index (χ1) is 17.4. The summed E-state index contributed by atoms with van der Waals surface area (Å²) < 4.78 is 7.95. The monoisotopic (exact) mass is 496 g/mol. The van der Waals surface area contributed by atoms with Crippen molar-refractivity contribution in [3.8, 4) is 11.4 Å². The number of ether oxygens (including phenoxy) is 1. The molecule has 0 aliphatic carbocycles. The SMILES string of the molecule is CCc1cccc(C)c1-n1c(C)cc([C@@H]2[C@H](c3ccccn3)NC(=S)N2c2cccc(OC)c2)c1C. The summed E-state index contributed by atoms with van der Waals surface area (Å²) in [4.78, 5) is 6.92. The maximum Gasteiger partial charge on any atom is 0.174 e. The number of aryl methyl sites for hydroxylation is 3. The van der Waals surface area contributed by atoms with Gasteiger partial charge < -0.3 is 19.5 Å². The van der Waals surface area contributed by atoms with E-state index in [4.69, 9.17) is 21.9 Å². The molecule has 6 heteroatoms. The van der Waals surface area contributed by atoms with E-state index >= 15 is 0 Å². The summed E-state index contributed by atoms with van der Waals surface area (Å²) in [6, 6.07) is 22.8. The number of hydrogen-bond acceptors (Lipinski definition) is 3. The quantitative estimate of drug-likeness (QED) is 0.307. The largest absolute Gasteiger partial charge is 0.497 e. The Bertz CT molecular complexity index is 1410. The summed E-state index contributed by atoms with van der Waals surface area (Å²) in [5, 5.41) is 4.26. The zero-order valence-electron chi connectivity index (χ0n) is 21.4. The molecule has 36 heavy (non-hydrogen) atoms. The molecule has 2 aromatic carbocycles. The molecule has 184 valence electrons. The summed E-state index contributed by atoms with van der Waals surface area (Å²) in [5.74, 6) is 0.799. The first-order valence-electron chi connectivity index (χ1n) is 12.4. The van der Waals surface area contributed by atoms with E-state index in [1.54, 1.807) is 7.11 Å². The van der Waals surface area contributed by atoms with Gasteiger partial charge in [0.25, 0.3) is 0 Å². The van der Waals surface area contributed by atoms with Crippen LogP contribution < -0.4 is 15.0 Å². The second-order valence-corrected chi connectivity index (χ2v) is 9.68. The fourth-order valence-corrected chi connectivity index (χ4v) is 5.81. The maximum absolute atomic E-state index is 5.93. The summed E-state index contributed by atoms with van der Waals surface area (Å²) in [7, 11) is 1.69.